The molecular weight excluding hydrogens is 234 g/mol. The lowest BCUT2D eigenvalue weighted by Gasteiger charge is -2.19. The normalized spacial score (nSPS) is 19.0. The van der Waals surface area contributed by atoms with Gasteiger partial charge < -0.3 is 10.4 Å². The van der Waals surface area contributed by atoms with Crippen LogP contribution in [0, 0.1) is 5.41 Å². The van der Waals surface area contributed by atoms with Crippen LogP contribution >= 0.6 is 11.6 Å². The summed E-state index contributed by atoms with van der Waals surface area (Å²) in [6.45, 7) is 3.44. The Kier molecular flexibility index (Phi) is 4.08. The Balaban J connectivity index is 1.87. The molecule has 0 heterocycles. The molecule has 2 nitrogen and oxygen atoms in total. The summed E-state index contributed by atoms with van der Waals surface area (Å²) in [6.07, 6.45) is 3.40. The average molecular weight is 254 g/mol. The van der Waals surface area contributed by atoms with E-state index in [2.05, 4.69) is 18.3 Å². The van der Waals surface area contributed by atoms with Gasteiger partial charge in [-0.2, -0.15) is 0 Å². The number of rotatable bonds is 6. The zero-order chi connectivity index (χ0) is 12.3. The number of hydrogen-bond donors (Lipinski definition) is 2. The zero-order valence-corrected chi connectivity index (χ0v) is 11.0. The third-order valence-electron chi connectivity index (χ3n) is 3.73. The molecule has 0 spiro atoms. The van der Waals surface area contributed by atoms with Gasteiger partial charge in [-0.15, -0.1) is 0 Å². The van der Waals surface area contributed by atoms with Crippen LogP contribution < -0.4 is 5.32 Å². The molecule has 1 aliphatic rings. The van der Waals surface area contributed by atoms with Crippen molar-refractivity contribution in [3.8, 4) is 0 Å². The van der Waals surface area contributed by atoms with Crippen molar-refractivity contribution in [1.82, 2.24) is 5.32 Å². The Labute approximate surface area is 108 Å². The van der Waals surface area contributed by atoms with Gasteiger partial charge in [-0.05, 0) is 49.3 Å². The van der Waals surface area contributed by atoms with Gasteiger partial charge >= 0.3 is 0 Å². The van der Waals surface area contributed by atoms with Gasteiger partial charge in [0.2, 0.25) is 0 Å². The summed E-state index contributed by atoms with van der Waals surface area (Å²) >= 11 is 5.98. The number of benzene rings is 1. The third kappa shape index (κ3) is 3.44. The molecule has 0 saturated heterocycles. The van der Waals surface area contributed by atoms with Crippen LogP contribution in [0.25, 0.3) is 0 Å². The maximum Gasteiger partial charge on any atom is 0.0436 e. The molecule has 94 valence electrons. The highest BCUT2D eigenvalue weighted by atomic mass is 35.5. The quantitative estimate of drug-likeness (QED) is 0.816. The number of nitrogens with one attached hydrogen (secondary N) is 1. The summed E-state index contributed by atoms with van der Waals surface area (Å²) in [4.78, 5) is 0. The molecule has 17 heavy (non-hydrogen) atoms. The molecule has 1 unspecified atom stereocenters. The van der Waals surface area contributed by atoms with Crippen molar-refractivity contribution < 1.29 is 5.11 Å². The summed E-state index contributed by atoms with van der Waals surface area (Å²) in [6, 6.07) is 8.28. The molecule has 1 aliphatic carbocycles. The molecule has 2 N–H and O–H groups in total. The highest BCUT2D eigenvalue weighted by Crippen LogP contribution is 2.48. The van der Waals surface area contributed by atoms with Crippen LogP contribution in [0.15, 0.2) is 24.3 Å². The topological polar surface area (TPSA) is 32.3 Å². The van der Waals surface area contributed by atoms with E-state index < -0.39 is 0 Å². The number of halogens is 1. The van der Waals surface area contributed by atoms with Crippen molar-refractivity contribution >= 4 is 11.6 Å². The van der Waals surface area contributed by atoms with E-state index in [9.17, 15) is 0 Å². The van der Waals surface area contributed by atoms with Gasteiger partial charge in [-0.25, -0.2) is 0 Å². The number of aliphatic hydroxyl groups excluding tert-OH is 1. The fraction of sp³-hybridized carbons (Fsp3) is 0.571. The molecule has 1 aromatic carbocycles. The molecule has 1 saturated carbocycles. The molecule has 1 fully saturated rings. The molecule has 0 radical (unpaired) electrons. The van der Waals surface area contributed by atoms with Crippen LogP contribution in [0.2, 0.25) is 5.02 Å². The lowest BCUT2D eigenvalue weighted by Crippen LogP contribution is -2.27. The maximum absolute atomic E-state index is 9.02. The SMILES string of the molecule is CC(NCC1(CCO)CC1)c1cccc(Cl)c1. The summed E-state index contributed by atoms with van der Waals surface area (Å²) < 4.78 is 0. The van der Waals surface area contributed by atoms with Crippen LogP contribution in [0.5, 0.6) is 0 Å². The van der Waals surface area contributed by atoms with Crippen LogP contribution in [0.3, 0.4) is 0 Å². The van der Waals surface area contributed by atoms with E-state index in [1.807, 2.05) is 18.2 Å². The second-order valence-electron chi connectivity index (χ2n) is 5.13. The van der Waals surface area contributed by atoms with Crippen LogP contribution in [0.1, 0.15) is 37.8 Å². The van der Waals surface area contributed by atoms with Gasteiger partial charge in [0.05, 0.1) is 0 Å². The molecule has 3 heteroatoms. The Morgan fingerprint density at radius 1 is 1.47 bits per heavy atom. The van der Waals surface area contributed by atoms with Gasteiger partial charge in [0.25, 0.3) is 0 Å². The second kappa shape index (κ2) is 5.38. The summed E-state index contributed by atoms with van der Waals surface area (Å²) in [5.41, 5.74) is 1.58. The second-order valence-corrected chi connectivity index (χ2v) is 5.57. The smallest absolute Gasteiger partial charge is 0.0436 e. The van der Waals surface area contributed by atoms with Gasteiger partial charge in [-0.3, -0.25) is 0 Å². The van der Waals surface area contributed by atoms with Gasteiger partial charge in [0.15, 0.2) is 0 Å². The van der Waals surface area contributed by atoms with Gasteiger partial charge in [-0.1, -0.05) is 23.7 Å². The Bertz CT molecular complexity index is 376. The van der Waals surface area contributed by atoms with E-state index in [1.54, 1.807) is 0 Å². The van der Waals surface area contributed by atoms with Crippen molar-refractivity contribution in [2.75, 3.05) is 13.2 Å². The lowest BCUT2D eigenvalue weighted by atomic mass is 10.0. The van der Waals surface area contributed by atoms with E-state index in [1.165, 1.54) is 18.4 Å². The predicted octanol–water partition coefficient (Wildman–Crippen LogP) is 3.15. The summed E-state index contributed by atoms with van der Waals surface area (Å²) in [5, 5.41) is 13.3. The molecular formula is C14H20ClNO. The molecule has 1 aromatic rings. The monoisotopic (exact) mass is 253 g/mol. The molecule has 2 rings (SSSR count). The fourth-order valence-corrected chi connectivity index (χ4v) is 2.39. The maximum atomic E-state index is 9.02. The van der Waals surface area contributed by atoms with E-state index in [0.29, 0.717) is 18.1 Å². The van der Waals surface area contributed by atoms with E-state index in [4.69, 9.17) is 16.7 Å². The first-order valence-electron chi connectivity index (χ1n) is 6.25. The van der Waals surface area contributed by atoms with E-state index >= 15 is 0 Å². The van der Waals surface area contributed by atoms with Crippen molar-refractivity contribution in [1.29, 1.82) is 0 Å². The minimum atomic E-state index is 0.299. The first-order chi connectivity index (χ1) is 8.15. The van der Waals surface area contributed by atoms with Crippen molar-refractivity contribution in [2.45, 2.75) is 32.2 Å². The predicted molar refractivity (Wildman–Crippen MR) is 71.2 cm³/mol. The zero-order valence-electron chi connectivity index (χ0n) is 10.2. The fourth-order valence-electron chi connectivity index (χ4n) is 2.19. The van der Waals surface area contributed by atoms with Crippen LogP contribution in [0.4, 0.5) is 0 Å². The summed E-state index contributed by atoms with van der Waals surface area (Å²) in [5.74, 6) is 0. The molecule has 0 bridgehead atoms. The Morgan fingerprint density at radius 3 is 2.82 bits per heavy atom. The standard InChI is InChI=1S/C14H20ClNO/c1-11(12-3-2-4-13(15)9-12)16-10-14(5-6-14)7-8-17/h2-4,9,11,16-17H,5-8,10H2,1H3. The minimum Gasteiger partial charge on any atom is -0.396 e. The number of aliphatic hydroxyl groups is 1. The molecule has 0 amide bonds. The average Bonchev–Trinajstić information content (AvgIpc) is 3.07. The van der Waals surface area contributed by atoms with E-state index in [-0.39, 0.29) is 0 Å². The van der Waals surface area contributed by atoms with Crippen LogP contribution in [-0.4, -0.2) is 18.3 Å². The lowest BCUT2D eigenvalue weighted by molar-refractivity contribution is 0.243. The molecule has 1 atom stereocenters. The van der Waals surface area contributed by atoms with Gasteiger partial charge in [0, 0.05) is 24.2 Å². The third-order valence-corrected chi connectivity index (χ3v) is 3.97. The molecule has 0 aliphatic heterocycles. The van der Waals surface area contributed by atoms with Crippen LogP contribution in [-0.2, 0) is 0 Å². The van der Waals surface area contributed by atoms with Crippen molar-refractivity contribution in [3.05, 3.63) is 34.9 Å². The van der Waals surface area contributed by atoms with Crippen molar-refractivity contribution in [3.63, 3.8) is 0 Å². The van der Waals surface area contributed by atoms with Crippen molar-refractivity contribution in [2.24, 2.45) is 5.41 Å². The highest BCUT2D eigenvalue weighted by Gasteiger charge is 2.41. The van der Waals surface area contributed by atoms with E-state index in [0.717, 1.165) is 18.0 Å². The first-order valence-corrected chi connectivity index (χ1v) is 6.63. The Hall–Kier alpha value is -0.570. The van der Waals surface area contributed by atoms with Gasteiger partial charge in [0.1, 0.15) is 0 Å². The minimum absolute atomic E-state index is 0.299. The Morgan fingerprint density at radius 2 is 2.24 bits per heavy atom. The number of hydrogen-bond acceptors (Lipinski definition) is 2. The first kappa shape index (κ1) is 12.9. The highest BCUT2D eigenvalue weighted by molar-refractivity contribution is 6.30. The largest absolute Gasteiger partial charge is 0.396 e. The molecule has 0 aromatic heterocycles. The summed E-state index contributed by atoms with van der Waals surface area (Å²) in [7, 11) is 0.